The Kier molecular flexibility index (Phi) is 9.23. The van der Waals surface area contributed by atoms with Crippen LogP contribution in [0.3, 0.4) is 0 Å². The van der Waals surface area contributed by atoms with E-state index < -0.39 is 5.97 Å². The first-order valence-electron chi connectivity index (χ1n) is 11.3. The highest BCUT2D eigenvalue weighted by Crippen LogP contribution is 2.17. The van der Waals surface area contributed by atoms with Crippen molar-refractivity contribution in [1.29, 1.82) is 0 Å². The van der Waals surface area contributed by atoms with Crippen molar-refractivity contribution < 1.29 is 18.7 Å². The number of benzene rings is 2. The average molecular weight is 436 g/mol. The minimum Gasteiger partial charge on any atom is -0.494 e. The number of aryl methyl sites for hydroxylation is 2. The SMILES string of the molecule is CCCCCCCOc1ccc(C(=O)Oc2ccc(CCc3ccc(F)cc3)nc2)cc1. The number of halogens is 1. The van der Waals surface area contributed by atoms with Crippen LogP contribution < -0.4 is 9.47 Å². The van der Waals surface area contributed by atoms with Crippen LogP contribution in [0, 0.1) is 5.82 Å². The summed E-state index contributed by atoms with van der Waals surface area (Å²) >= 11 is 0. The van der Waals surface area contributed by atoms with Crippen molar-refractivity contribution in [3.05, 3.63) is 89.5 Å². The monoisotopic (exact) mass is 435 g/mol. The molecule has 3 rings (SSSR count). The van der Waals surface area contributed by atoms with Crippen molar-refractivity contribution in [2.45, 2.75) is 51.9 Å². The van der Waals surface area contributed by atoms with Gasteiger partial charge in [-0.3, -0.25) is 4.98 Å². The van der Waals surface area contributed by atoms with Crippen molar-refractivity contribution >= 4 is 5.97 Å². The van der Waals surface area contributed by atoms with Crippen molar-refractivity contribution in [2.75, 3.05) is 6.61 Å². The lowest BCUT2D eigenvalue weighted by Crippen LogP contribution is -2.09. The highest BCUT2D eigenvalue weighted by Gasteiger charge is 2.09. The number of carbonyl (C=O) groups is 1. The maximum atomic E-state index is 13.0. The molecule has 4 nitrogen and oxygen atoms in total. The molecule has 0 aliphatic rings. The van der Waals surface area contributed by atoms with Gasteiger partial charge in [0.1, 0.15) is 17.3 Å². The first kappa shape index (κ1) is 23.5. The number of hydrogen-bond acceptors (Lipinski definition) is 4. The molecule has 32 heavy (non-hydrogen) atoms. The normalized spacial score (nSPS) is 10.7. The van der Waals surface area contributed by atoms with Crippen molar-refractivity contribution in [3.8, 4) is 11.5 Å². The Balaban J connectivity index is 1.43. The number of hydrogen-bond donors (Lipinski definition) is 0. The molecule has 1 heterocycles. The molecule has 0 aliphatic heterocycles. The van der Waals surface area contributed by atoms with Gasteiger partial charge in [0.05, 0.1) is 18.4 Å². The minimum absolute atomic E-state index is 0.238. The van der Waals surface area contributed by atoms with Crippen molar-refractivity contribution in [2.24, 2.45) is 0 Å². The molecule has 168 valence electrons. The lowest BCUT2D eigenvalue weighted by atomic mass is 10.1. The first-order valence-corrected chi connectivity index (χ1v) is 11.3. The molecule has 3 aromatic rings. The predicted molar refractivity (Wildman–Crippen MR) is 124 cm³/mol. The molecule has 0 atom stereocenters. The molecular weight excluding hydrogens is 405 g/mol. The Morgan fingerprint density at radius 3 is 2.25 bits per heavy atom. The quantitative estimate of drug-likeness (QED) is 0.238. The summed E-state index contributed by atoms with van der Waals surface area (Å²) in [5.74, 6) is 0.479. The van der Waals surface area contributed by atoms with E-state index in [0.717, 1.165) is 36.3 Å². The van der Waals surface area contributed by atoms with E-state index in [9.17, 15) is 9.18 Å². The number of rotatable bonds is 12. The van der Waals surface area contributed by atoms with Crippen molar-refractivity contribution in [1.82, 2.24) is 4.98 Å². The number of aromatic nitrogens is 1. The summed E-state index contributed by atoms with van der Waals surface area (Å²) in [5.41, 5.74) is 2.39. The molecule has 0 aliphatic carbocycles. The summed E-state index contributed by atoms with van der Waals surface area (Å²) in [6.45, 7) is 2.89. The fourth-order valence-corrected chi connectivity index (χ4v) is 3.29. The highest BCUT2D eigenvalue weighted by atomic mass is 19.1. The Hall–Kier alpha value is -3.21. The third kappa shape index (κ3) is 7.80. The van der Waals surface area contributed by atoms with E-state index in [1.54, 1.807) is 48.7 Å². The molecule has 0 fully saturated rings. The molecule has 0 spiro atoms. The summed E-state index contributed by atoms with van der Waals surface area (Å²) in [6.07, 6.45) is 9.00. The van der Waals surface area contributed by atoms with Gasteiger partial charge >= 0.3 is 5.97 Å². The van der Waals surface area contributed by atoms with Crippen LogP contribution in [0.2, 0.25) is 0 Å². The largest absolute Gasteiger partial charge is 0.494 e. The fraction of sp³-hybridized carbons (Fsp3) is 0.333. The van der Waals surface area contributed by atoms with Gasteiger partial charge in [-0.1, -0.05) is 44.7 Å². The van der Waals surface area contributed by atoms with Gasteiger partial charge in [0, 0.05) is 5.69 Å². The molecule has 0 amide bonds. The van der Waals surface area contributed by atoms with Crippen LogP contribution in [0.1, 0.15) is 60.6 Å². The number of ether oxygens (including phenoxy) is 2. The van der Waals surface area contributed by atoms with Gasteiger partial charge in [0.15, 0.2) is 0 Å². The van der Waals surface area contributed by atoms with E-state index in [1.807, 2.05) is 6.07 Å². The van der Waals surface area contributed by atoms with Crippen LogP contribution in [0.4, 0.5) is 4.39 Å². The van der Waals surface area contributed by atoms with Gasteiger partial charge in [-0.2, -0.15) is 0 Å². The van der Waals surface area contributed by atoms with Crippen LogP contribution in [0.15, 0.2) is 66.9 Å². The molecule has 0 radical (unpaired) electrons. The zero-order valence-electron chi connectivity index (χ0n) is 18.6. The highest BCUT2D eigenvalue weighted by molar-refractivity contribution is 5.91. The van der Waals surface area contributed by atoms with Crippen LogP contribution in [-0.2, 0) is 12.8 Å². The fourth-order valence-electron chi connectivity index (χ4n) is 3.29. The number of unbranched alkanes of at least 4 members (excludes halogenated alkanes) is 4. The van der Waals surface area contributed by atoms with Gasteiger partial charge < -0.3 is 9.47 Å². The molecule has 0 saturated carbocycles. The smallest absolute Gasteiger partial charge is 0.343 e. The molecule has 0 bridgehead atoms. The molecular formula is C27H30FNO3. The van der Waals surface area contributed by atoms with Gasteiger partial charge in [-0.25, -0.2) is 9.18 Å². The topological polar surface area (TPSA) is 48.4 Å². The second-order valence-electron chi connectivity index (χ2n) is 7.79. The standard InChI is InChI=1S/C27H30FNO3/c1-2-3-4-5-6-19-31-25-16-10-22(11-17-25)27(30)32-26-18-15-24(29-20-26)14-9-21-7-12-23(28)13-8-21/h7-8,10-13,15-18,20H,2-6,9,14,19H2,1H3. The number of pyridine rings is 1. The number of nitrogens with zero attached hydrogens (tertiary/aromatic N) is 1. The van der Waals surface area contributed by atoms with Crippen LogP contribution in [-0.4, -0.2) is 17.6 Å². The Labute approximate surface area is 189 Å². The molecule has 5 heteroatoms. The van der Waals surface area contributed by atoms with E-state index in [2.05, 4.69) is 11.9 Å². The second kappa shape index (κ2) is 12.6. The first-order chi connectivity index (χ1) is 15.6. The molecule has 0 saturated heterocycles. The van der Waals surface area contributed by atoms with E-state index in [1.165, 1.54) is 37.8 Å². The van der Waals surface area contributed by atoms with E-state index >= 15 is 0 Å². The number of carbonyl (C=O) groups excluding carboxylic acids is 1. The summed E-state index contributed by atoms with van der Waals surface area (Å²) in [5, 5.41) is 0. The summed E-state index contributed by atoms with van der Waals surface area (Å²) in [4.78, 5) is 16.7. The van der Waals surface area contributed by atoms with Gasteiger partial charge in [-0.15, -0.1) is 0 Å². The summed E-state index contributed by atoms with van der Waals surface area (Å²) < 4.78 is 24.1. The van der Waals surface area contributed by atoms with Crippen LogP contribution in [0.5, 0.6) is 11.5 Å². The third-order valence-electron chi connectivity index (χ3n) is 5.20. The van der Waals surface area contributed by atoms with Gasteiger partial charge in [-0.05, 0) is 73.4 Å². The average Bonchev–Trinajstić information content (AvgIpc) is 2.82. The van der Waals surface area contributed by atoms with Crippen molar-refractivity contribution in [3.63, 3.8) is 0 Å². The molecule has 1 aromatic heterocycles. The summed E-state index contributed by atoms with van der Waals surface area (Å²) in [6, 6.07) is 17.0. The Morgan fingerprint density at radius 2 is 1.56 bits per heavy atom. The minimum atomic E-state index is -0.433. The van der Waals surface area contributed by atoms with Crippen LogP contribution >= 0.6 is 0 Å². The van der Waals surface area contributed by atoms with E-state index in [4.69, 9.17) is 9.47 Å². The zero-order chi connectivity index (χ0) is 22.6. The second-order valence-corrected chi connectivity index (χ2v) is 7.79. The number of esters is 1. The summed E-state index contributed by atoms with van der Waals surface area (Å²) in [7, 11) is 0. The third-order valence-corrected chi connectivity index (χ3v) is 5.20. The molecule has 0 unspecified atom stereocenters. The maximum Gasteiger partial charge on any atom is 0.343 e. The van der Waals surface area contributed by atoms with Crippen LogP contribution in [0.25, 0.3) is 0 Å². The lowest BCUT2D eigenvalue weighted by Gasteiger charge is -2.08. The Morgan fingerprint density at radius 1 is 0.844 bits per heavy atom. The van der Waals surface area contributed by atoms with Gasteiger partial charge in [0.25, 0.3) is 0 Å². The molecule has 2 aromatic carbocycles. The van der Waals surface area contributed by atoms with E-state index in [-0.39, 0.29) is 5.82 Å². The lowest BCUT2D eigenvalue weighted by molar-refractivity contribution is 0.0734. The van der Waals surface area contributed by atoms with Gasteiger partial charge in [0.2, 0.25) is 0 Å². The predicted octanol–water partition coefficient (Wildman–Crippen LogP) is 6.57. The Bertz CT molecular complexity index is 954. The zero-order valence-corrected chi connectivity index (χ0v) is 18.6. The van der Waals surface area contributed by atoms with E-state index in [0.29, 0.717) is 17.9 Å². The maximum absolute atomic E-state index is 13.0. The molecule has 0 N–H and O–H groups in total.